The molecule has 24 heavy (non-hydrogen) atoms. The quantitative estimate of drug-likeness (QED) is 0.775. The number of rotatable bonds is 3. The van der Waals surface area contributed by atoms with Gasteiger partial charge in [-0.1, -0.05) is 30.3 Å². The van der Waals surface area contributed by atoms with E-state index >= 15 is 0 Å². The van der Waals surface area contributed by atoms with Crippen molar-refractivity contribution in [2.24, 2.45) is 0 Å². The molecule has 0 fully saturated rings. The van der Waals surface area contributed by atoms with Gasteiger partial charge in [0.15, 0.2) is 5.78 Å². The number of benzene rings is 1. The SMILES string of the molecule is CC(=O)C1=C(C)OC(C)=C(C#N)C1c1ccc(-c2cccs2)cc1. The minimum atomic E-state index is -0.362. The number of ketones is 1. The van der Waals surface area contributed by atoms with Crippen LogP contribution in [0.5, 0.6) is 0 Å². The number of nitrogens with zero attached hydrogens (tertiary/aromatic N) is 1. The molecule has 1 aliphatic rings. The summed E-state index contributed by atoms with van der Waals surface area (Å²) in [5, 5.41) is 11.6. The maximum atomic E-state index is 12.1. The third-order valence-corrected chi connectivity index (χ3v) is 5.11. The van der Waals surface area contributed by atoms with Gasteiger partial charge in [0, 0.05) is 10.5 Å². The van der Waals surface area contributed by atoms with E-state index in [1.807, 2.05) is 35.7 Å². The lowest BCUT2D eigenvalue weighted by Gasteiger charge is -2.27. The van der Waals surface area contributed by atoms with Crippen LogP contribution in [0.1, 0.15) is 32.3 Å². The Morgan fingerprint density at radius 1 is 1.17 bits per heavy atom. The summed E-state index contributed by atoms with van der Waals surface area (Å²) < 4.78 is 5.62. The lowest BCUT2D eigenvalue weighted by atomic mass is 9.80. The average Bonchev–Trinajstić information content (AvgIpc) is 3.08. The molecule has 3 nitrogen and oxygen atoms in total. The van der Waals surface area contributed by atoms with E-state index in [4.69, 9.17) is 4.74 Å². The van der Waals surface area contributed by atoms with E-state index in [9.17, 15) is 10.1 Å². The first-order valence-electron chi connectivity index (χ1n) is 7.67. The minimum absolute atomic E-state index is 0.0694. The maximum absolute atomic E-state index is 12.1. The highest BCUT2D eigenvalue weighted by molar-refractivity contribution is 7.13. The fourth-order valence-electron chi connectivity index (χ4n) is 3.10. The molecule has 0 amide bonds. The fraction of sp³-hybridized carbons (Fsp3) is 0.200. The largest absolute Gasteiger partial charge is 0.465 e. The number of hydrogen-bond acceptors (Lipinski definition) is 4. The molecule has 4 heteroatoms. The van der Waals surface area contributed by atoms with Crippen molar-refractivity contribution in [1.82, 2.24) is 0 Å². The van der Waals surface area contributed by atoms with Crippen molar-refractivity contribution >= 4 is 17.1 Å². The number of thiophene rings is 1. The molecule has 0 radical (unpaired) electrons. The molecular weight excluding hydrogens is 318 g/mol. The Kier molecular flexibility index (Phi) is 4.37. The summed E-state index contributed by atoms with van der Waals surface area (Å²) in [7, 11) is 0. The molecular formula is C20H17NO2S. The molecule has 3 rings (SSSR count). The summed E-state index contributed by atoms with van der Waals surface area (Å²) >= 11 is 1.68. The molecule has 0 saturated carbocycles. The number of carbonyl (C=O) groups excluding carboxylic acids is 1. The molecule has 120 valence electrons. The van der Waals surface area contributed by atoms with Gasteiger partial charge in [-0.2, -0.15) is 5.26 Å². The highest BCUT2D eigenvalue weighted by Gasteiger charge is 2.32. The zero-order chi connectivity index (χ0) is 17.3. The Bertz CT molecular complexity index is 881. The number of allylic oxidation sites excluding steroid dienone is 4. The van der Waals surface area contributed by atoms with Crippen LogP contribution in [0.2, 0.25) is 0 Å². The van der Waals surface area contributed by atoms with Crippen molar-refractivity contribution in [3.05, 3.63) is 70.0 Å². The van der Waals surface area contributed by atoms with Crippen LogP contribution < -0.4 is 0 Å². The molecule has 2 aromatic rings. The third kappa shape index (κ3) is 2.79. The Morgan fingerprint density at radius 2 is 1.88 bits per heavy atom. The first-order valence-corrected chi connectivity index (χ1v) is 8.55. The molecule has 0 aliphatic carbocycles. The normalized spacial score (nSPS) is 17.5. The predicted molar refractivity (Wildman–Crippen MR) is 95.3 cm³/mol. The van der Waals surface area contributed by atoms with Crippen molar-refractivity contribution < 1.29 is 9.53 Å². The van der Waals surface area contributed by atoms with Crippen molar-refractivity contribution in [3.8, 4) is 16.5 Å². The Morgan fingerprint density at radius 3 is 2.42 bits per heavy atom. The van der Waals surface area contributed by atoms with E-state index in [1.54, 1.807) is 25.2 Å². The standard InChI is InChI=1S/C20H17NO2S/c1-12(22)19-14(3)23-13(2)17(11-21)20(19)16-8-6-15(7-9-16)18-5-4-10-24-18/h4-10,20H,1-3H3. The number of hydrogen-bond donors (Lipinski definition) is 0. The first-order chi connectivity index (χ1) is 11.5. The molecule has 2 heterocycles. The van der Waals surface area contributed by atoms with Crippen LogP contribution in [-0.2, 0) is 9.53 Å². The molecule has 1 aromatic heterocycles. The molecule has 1 unspecified atom stereocenters. The van der Waals surface area contributed by atoms with Crippen LogP contribution in [0.4, 0.5) is 0 Å². The van der Waals surface area contributed by atoms with Crippen LogP contribution in [0.3, 0.4) is 0 Å². The summed E-state index contributed by atoms with van der Waals surface area (Å²) in [6.07, 6.45) is 0. The molecule has 0 spiro atoms. The summed E-state index contributed by atoms with van der Waals surface area (Å²) in [6.45, 7) is 5.07. The first kappa shape index (κ1) is 16.2. The van der Waals surface area contributed by atoms with Gasteiger partial charge in [-0.05, 0) is 43.3 Å². The highest BCUT2D eigenvalue weighted by Crippen LogP contribution is 2.40. The van der Waals surface area contributed by atoms with E-state index in [1.165, 1.54) is 11.8 Å². The lowest BCUT2D eigenvalue weighted by molar-refractivity contribution is -0.114. The Labute approximate surface area is 145 Å². The Balaban J connectivity index is 2.08. The lowest BCUT2D eigenvalue weighted by Crippen LogP contribution is -2.19. The fourth-order valence-corrected chi connectivity index (χ4v) is 3.83. The van der Waals surface area contributed by atoms with Gasteiger partial charge >= 0.3 is 0 Å². The van der Waals surface area contributed by atoms with Crippen LogP contribution in [-0.4, -0.2) is 5.78 Å². The number of ether oxygens (including phenoxy) is 1. The zero-order valence-corrected chi connectivity index (χ0v) is 14.6. The summed E-state index contributed by atoms with van der Waals surface area (Å²) in [5.74, 6) is 0.706. The smallest absolute Gasteiger partial charge is 0.160 e. The van der Waals surface area contributed by atoms with Gasteiger partial charge in [0.1, 0.15) is 11.5 Å². The monoisotopic (exact) mass is 335 g/mol. The van der Waals surface area contributed by atoms with Crippen LogP contribution in [0, 0.1) is 11.3 Å². The van der Waals surface area contributed by atoms with Gasteiger partial charge in [0.25, 0.3) is 0 Å². The second-order valence-corrected chi connectivity index (χ2v) is 6.69. The molecule has 0 bridgehead atoms. The second-order valence-electron chi connectivity index (χ2n) is 5.74. The van der Waals surface area contributed by atoms with E-state index < -0.39 is 0 Å². The van der Waals surface area contributed by atoms with E-state index in [0.717, 1.165) is 11.1 Å². The molecule has 0 saturated heterocycles. The summed E-state index contributed by atoms with van der Waals surface area (Å²) in [6, 6.07) is 14.4. The molecule has 0 N–H and O–H groups in total. The summed E-state index contributed by atoms with van der Waals surface area (Å²) in [4.78, 5) is 13.3. The number of carbonyl (C=O) groups is 1. The van der Waals surface area contributed by atoms with Gasteiger partial charge in [0.05, 0.1) is 17.6 Å². The van der Waals surface area contributed by atoms with Crippen LogP contribution in [0.15, 0.2) is 64.4 Å². The predicted octanol–water partition coefficient (Wildman–Crippen LogP) is 5.19. The van der Waals surface area contributed by atoms with Gasteiger partial charge < -0.3 is 4.74 Å². The topological polar surface area (TPSA) is 50.1 Å². The van der Waals surface area contributed by atoms with E-state index in [-0.39, 0.29) is 11.7 Å². The van der Waals surface area contributed by atoms with Gasteiger partial charge in [-0.25, -0.2) is 0 Å². The highest BCUT2D eigenvalue weighted by atomic mass is 32.1. The average molecular weight is 335 g/mol. The number of Topliss-reactive ketones (excluding diaryl/α,β-unsaturated/α-hetero) is 1. The van der Waals surface area contributed by atoms with Crippen molar-refractivity contribution in [2.45, 2.75) is 26.7 Å². The molecule has 1 atom stereocenters. The van der Waals surface area contributed by atoms with E-state index in [2.05, 4.69) is 12.1 Å². The van der Waals surface area contributed by atoms with Gasteiger partial charge in [-0.3, -0.25) is 4.79 Å². The van der Waals surface area contributed by atoms with Crippen molar-refractivity contribution in [2.75, 3.05) is 0 Å². The van der Waals surface area contributed by atoms with Crippen molar-refractivity contribution in [3.63, 3.8) is 0 Å². The summed E-state index contributed by atoms with van der Waals surface area (Å²) in [5.41, 5.74) is 3.11. The Hall–Kier alpha value is -2.64. The van der Waals surface area contributed by atoms with Gasteiger partial charge in [-0.15, -0.1) is 11.3 Å². The van der Waals surface area contributed by atoms with Crippen LogP contribution in [0.25, 0.3) is 10.4 Å². The molecule has 1 aromatic carbocycles. The van der Waals surface area contributed by atoms with E-state index in [0.29, 0.717) is 22.7 Å². The molecule has 1 aliphatic heterocycles. The van der Waals surface area contributed by atoms with Crippen molar-refractivity contribution in [1.29, 1.82) is 5.26 Å². The third-order valence-electron chi connectivity index (χ3n) is 4.19. The number of nitriles is 1. The van der Waals surface area contributed by atoms with Crippen LogP contribution >= 0.6 is 11.3 Å². The zero-order valence-electron chi connectivity index (χ0n) is 13.8. The van der Waals surface area contributed by atoms with Gasteiger partial charge in [0.2, 0.25) is 0 Å². The minimum Gasteiger partial charge on any atom is -0.465 e. The maximum Gasteiger partial charge on any atom is 0.160 e. The second kappa shape index (κ2) is 6.46.